The number of thiophene rings is 1. The summed E-state index contributed by atoms with van der Waals surface area (Å²) in [5.74, 6) is 0.448. The van der Waals surface area contributed by atoms with Crippen molar-refractivity contribution in [1.29, 1.82) is 0 Å². The van der Waals surface area contributed by atoms with Gasteiger partial charge in [-0.25, -0.2) is 4.98 Å². The Labute approximate surface area is 216 Å². The van der Waals surface area contributed by atoms with Crippen LogP contribution >= 0.6 is 34.5 Å². The van der Waals surface area contributed by atoms with Crippen LogP contribution in [0.15, 0.2) is 48.8 Å². The number of amides is 1. The Morgan fingerprint density at radius 3 is 2.77 bits per heavy atom. The average Bonchev–Trinajstić information content (AvgIpc) is 3.45. The molecule has 0 aliphatic carbocycles. The molecule has 0 radical (unpaired) electrons. The van der Waals surface area contributed by atoms with Crippen LogP contribution in [0.4, 0.5) is 0 Å². The topological polar surface area (TPSA) is 91.4 Å². The maximum atomic E-state index is 12.2. The number of rotatable bonds is 7. The Kier molecular flexibility index (Phi) is 6.88. The van der Waals surface area contributed by atoms with E-state index < -0.39 is 12.0 Å². The van der Waals surface area contributed by atoms with Crippen LogP contribution < -0.4 is 20.5 Å². The van der Waals surface area contributed by atoms with Crippen LogP contribution in [0, 0.1) is 0 Å². The third-order valence-corrected chi connectivity index (χ3v) is 7.74. The second kappa shape index (κ2) is 10.1. The first-order valence-corrected chi connectivity index (χ1v) is 12.9. The molecule has 1 saturated heterocycles. The fourth-order valence-electron chi connectivity index (χ4n) is 4.18. The van der Waals surface area contributed by atoms with Crippen molar-refractivity contribution in [3.05, 3.63) is 69.3 Å². The largest absolute Gasteiger partial charge is 0.489 e. The van der Waals surface area contributed by atoms with Crippen LogP contribution in [0.2, 0.25) is 10.0 Å². The SMILES string of the molecule is CC(Oc1cc(-n2cnc3ccc(Cl)cc32)sc1C(N)=O)c1cccc(OC2CCNCC2)c1Cl. The number of aromatic nitrogens is 2. The summed E-state index contributed by atoms with van der Waals surface area (Å²) in [6.45, 7) is 3.73. The van der Waals surface area contributed by atoms with Crippen LogP contribution in [0.1, 0.15) is 41.1 Å². The molecule has 4 aromatic rings. The van der Waals surface area contributed by atoms with Crippen LogP contribution in [0.5, 0.6) is 11.5 Å². The third kappa shape index (κ3) is 4.97. The number of primary amides is 1. The van der Waals surface area contributed by atoms with Crippen molar-refractivity contribution in [3.63, 3.8) is 0 Å². The van der Waals surface area contributed by atoms with Gasteiger partial charge in [0.25, 0.3) is 5.91 Å². The van der Waals surface area contributed by atoms with E-state index >= 15 is 0 Å². The molecule has 7 nitrogen and oxygen atoms in total. The maximum absolute atomic E-state index is 12.2. The summed E-state index contributed by atoms with van der Waals surface area (Å²) >= 11 is 14.1. The zero-order valence-electron chi connectivity index (χ0n) is 19.0. The zero-order chi connectivity index (χ0) is 24.5. The minimum Gasteiger partial charge on any atom is -0.489 e. The van der Waals surface area contributed by atoms with Gasteiger partial charge in [-0.3, -0.25) is 9.36 Å². The molecule has 1 fully saturated rings. The Balaban J connectivity index is 1.43. The van der Waals surface area contributed by atoms with Gasteiger partial charge in [-0.2, -0.15) is 0 Å². The summed E-state index contributed by atoms with van der Waals surface area (Å²) in [5, 5.41) is 5.16. The summed E-state index contributed by atoms with van der Waals surface area (Å²) < 4.78 is 14.3. The number of piperidine rings is 1. The summed E-state index contributed by atoms with van der Waals surface area (Å²) in [5.41, 5.74) is 8.06. The van der Waals surface area contributed by atoms with Gasteiger partial charge in [-0.05, 0) is 57.1 Å². The minimum absolute atomic E-state index is 0.125. The number of nitrogens with one attached hydrogen (secondary N) is 1. The number of hydrogen-bond acceptors (Lipinski definition) is 6. The van der Waals surface area contributed by atoms with Crippen molar-refractivity contribution in [2.75, 3.05) is 13.1 Å². The van der Waals surface area contributed by atoms with Gasteiger partial charge in [0.2, 0.25) is 0 Å². The van der Waals surface area contributed by atoms with Crippen molar-refractivity contribution in [2.24, 2.45) is 5.73 Å². The molecule has 1 aliphatic rings. The van der Waals surface area contributed by atoms with Crippen molar-refractivity contribution in [3.8, 4) is 16.5 Å². The standard InChI is InChI=1S/C25H24Cl2N4O3S/c1-14(17-3-2-4-20(23(17)27)34-16-7-9-29-10-8-16)33-21-12-22(35-24(21)25(28)32)31-13-30-18-6-5-15(26)11-19(18)31/h2-6,11-14,16,29H,7-10H2,1H3,(H2,28,32). The van der Waals surface area contributed by atoms with E-state index in [1.54, 1.807) is 18.5 Å². The lowest BCUT2D eigenvalue weighted by molar-refractivity contribution is 0.0998. The first-order valence-electron chi connectivity index (χ1n) is 11.3. The van der Waals surface area contributed by atoms with Crippen LogP contribution in [-0.2, 0) is 0 Å². The van der Waals surface area contributed by atoms with Crippen molar-refractivity contribution in [1.82, 2.24) is 14.9 Å². The number of carbonyl (C=O) groups is 1. The zero-order valence-corrected chi connectivity index (χ0v) is 21.3. The molecule has 3 heterocycles. The number of carbonyl (C=O) groups excluding carboxylic acids is 1. The van der Waals surface area contributed by atoms with E-state index in [0.717, 1.165) is 47.5 Å². The van der Waals surface area contributed by atoms with Gasteiger partial charge in [0.1, 0.15) is 39.9 Å². The Morgan fingerprint density at radius 1 is 1.20 bits per heavy atom. The van der Waals surface area contributed by atoms with Gasteiger partial charge >= 0.3 is 0 Å². The third-order valence-electron chi connectivity index (χ3n) is 5.97. The highest BCUT2D eigenvalue weighted by atomic mass is 35.5. The number of nitrogens with two attached hydrogens (primary N) is 1. The van der Waals surface area contributed by atoms with Gasteiger partial charge in [-0.1, -0.05) is 35.3 Å². The van der Waals surface area contributed by atoms with E-state index in [1.165, 1.54) is 11.3 Å². The smallest absolute Gasteiger partial charge is 0.262 e. The number of imidazole rings is 1. The first kappa shape index (κ1) is 23.9. The van der Waals surface area contributed by atoms with E-state index in [9.17, 15) is 4.79 Å². The highest BCUT2D eigenvalue weighted by Crippen LogP contribution is 2.39. The highest BCUT2D eigenvalue weighted by molar-refractivity contribution is 7.16. The van der Waals surface area contributed by atoms with Gasteiger partial charge in [-0.15, -0.1) is 11.3 Å². The van der Waals surface area contributed by atoms with Crippen LogP contribution in [0.25, 0.3) is 16.0 Å². The molecule has 0 saturated carbocycles. The lowest BCUT2D eigenvalue weighted by Crippen LogP contribution is -2.34. The molecule has 182 valence electrons. The molecule has 2 aromatic carbocycles. The van der Waals surface area contributed by atoms with Gasteiger partial charge in [0, 0.05) is 16.7 Å². The summed E-state index contributed by atoms with van der Waals surface area (Å²) in [6.07, 6.45) is 3.22. The molecule has 3 N–H and O–H groups in total. The predicted octanol–water partition coefficient (Wildman–Crippen LogP) is 5.76. The van der Waals surface area contributed by atoms with E-state index in [1.807, 2.05) is 41.8 Å². The second-order valence-corrected chi connectivity index (χ2v) is 10.2. The van der Waals surface area contributed by atoms with E-state index in [2.05, 4.69) is 10.3 Å². The Morgan fingerprint density at radius 2 is 2.00 bits per heavy atom. The van der Waals surface area contributed by atoms with E-state index in [4.69, 9.17) is 38.4 Å². The fraction of sp³-hybridized carbons (Fsp3) is 0.280. The molecule has 35 heavy (non-hydrogen) atoms. The molecule has 2 aromatic heterocycles. The fourth-order valence-corrected chi connectivity index (χ4v) is 5.59. The highest BCUT2D eigenvalue weighted by Gasteiger charge is 2.23. The molecule has 0 bridgehead atoms. The number of benzene rings is 2. The number of fused-ring (bicyclic) bond motifs is 1. The molecule has 0 spiro atoms. The Hall–Kier alpha value is -2.78. The molecule has 1 aliphatic heterocycles. The molecule has 1 unspecified atom stereocenters. The molecular weight excluding hydrogens is 507 g/mol. The molecule has 1 atom stereocenters. The number of nitrogens with zero attached hydrogens (tertiary/aromatic N) is 2. The lowest BCUT2D eigenvalue weighted by Gasteiger charge is -2.25. The molecular formula is C25H24Cl2N4O3S. The van der Waals surface area contributed by atoms with Crippen molar-refractivity contribution in [2.45, 2.75) is 32.0 Å². The van der Waals surface area contributed by atoms with Crippen LogP contribution in [-0.4, -0.2) is 34.7 Å². The maximum Gasteiger partial charge on any atom is 0.262 e. The van der Waals surface area contributed by atoms with Crippen LogP contribution in [0.3, 0.4) is 0 Å². The first-order chi connectivity index (χ1) is 16.9. The summed E-state index contributed by atoms with van der Waals surface area (Å²) in [7, 11) is 0. The predicted molar refractivity (Wildman–Crippen MR) is 139 cm³/mol. The lowest BCUT2D eigenvalue weighted by atomic mass is 10.1. The van der Waals surface area contributed by atoms with Crippen molar-refractivity contribution >= 4 is 51.5 Å². The number of ether oxygens (including phenoxy) is 2. The number of hydrogen-bond donors (Lipinski definition) is 2. The monoisotopic (exact) mass is 530 g/mol. The second-order valence-electron chi connectivity index (χ2n) is 8.38. The summed E-state index contributed by atoms with van der Waals surface area (Å²) in [4.78, 5) is 17.0. The Bertz CT molecular complexity index is 1380. The van der Waals surface area contributed by atoms with Gasteiger partial charge in [0.05, 0.1) is 16.1 Å². The normalized spacial score (nSPS) is 15.3. The molecule has 1 amide bonds. The van der Waals surface area contributed by atoms with E-state index in [0.29, 0.717) is 26.4 Å². The van der Waals surface area contributed by atoms with Crippen molar-refractivity contribution < 1.29 is 14.3 Å². The van der Waals surface area contributed by atoms with Gasteiger partial charge in [0.15, 0.2) is 0 Å². The summed E-state index contributed by atoms with van der Waals surface area (Å²) in [6, 6.07) is 12.9. The molecule has 5 rings (SSSR count). The van der Waals surface area contributed by atoms with Gasteiger partial charge < -0.3 is 20.5 Å². The number of halogens is 2. The molecule has 10 heteroatoms. The van der Waals surface area contributed by atoms with E-state index in [-0.39, 0.29) is 6.10 Å². The minimum atomic E-state index is -0.569. The quantitative estimate of drug-likeness (QED) is 0.316. The average molecular weight is 531 g/mol.